The van der Waals surface area contributed by atoms with E-state index >= 15 is 0 Å². The van der Waals surface area contributed by atoms with E-state index in [-0.39, 0.29) is 11.2 Å². The standard InChI is InChI=1S/C20H25NO4S/c1-14(26-17-9-7-16(23-3)8-10-17)20(22)21(2)13-15-6-11-18(24-4)19(12-15)25-5/h6-12,14H,13H2,1-5H3/t14-/m0/s1. The van der Waals surface area contributed by atoms with Crippen molar-refractivity contribution in [3.8, 4) is 17.2 Å². The van der Waals surface area contributed by atoms with E-state index in [4.69, 9.17) is 14.2 Å². The zero-order valence-electron chi connectivity index (χ0n) is 15.8. The summed E-state index contributed by atoms with van der Waals surface area (Å²) in [6, 6.07) is 13.4. The van der Waals surface area contributed by atoms with Crippen molar-refractivity contribution in [2.24, 2.45) is 0 Å². The molecule has 0 aliphatic rings. The third-order valence-corrected chi connectivity index (χ3v) is 5.06. The van der Waals surface area contributed by atoms with Crippen molar-refractivity contribution >= 4 is 17.7 Å². The second-order valence-electron chi connectivity index (χ2n) is 5.82. The van der Waals surface area contributed by atoms with Crippen LogP contribution in [0.2, 0.25) is 0 Å². The number of methoxy groups -OCH3 is 3. The molecule has 0 saturated heterocycles. The number of thioether (sulfide) groups is 1. The van der Waals surface area contributed by atoms with Crippen LogP contribution in [0.15, 0.2) is 47.4 Å². The highest BCUT2D eigenvalue weighted by Crippen LogP contribution is 2.29. The predicted octanol–water partition coefficient (Wildman–Crippen LogP) is 3.85. The molecule has 26 heavy (non-hydrogen) atoms. The number of rotatable bonds is 8. The van der Waals surface area contributed by atoms with Crippen LogP contribution in [-0.4, -0.2) is 44.4 Å². The van der Waals surface area contributed by atoms with E-state index in [0.29, 0.717) is 18.0 Å². The van der Waals surface area contributed by atoms with Gasteiger partial charge in [-0.2, -0.15) is 0 Å². The van der Waals surface area contributed by atoms with Gasteiger partial charge in [0.25, 0.3) is 0 Å². The van der Waals surface area contributed by atoms with Gasteiger partial charge in [-0.15, -0.1) is 11.8 Å². The van der Waals surface area contributed by atoms with Gasteiger partial charge in [0.15, 0.2) is 11.5 Å². The number of amides is 1. The summed E-state index contributed by atoms with van der Waals surface area (Å²) in [6.07, 6.45) is 0. The SMILES string of the molecule is COc1ccc(S[C@@H](C)C(=O)N(C)Cc2ccc(OC)c(OC)c2)cc1. The Balaban J connectivity index is 1.99. The molecule has 0 radical (unpaired) electrons. The van der Waals surface area contributed by atoms with E-state index in [1.165, 1.54) is 11.8 Å². The first-order valence-electron chi connectivity index (χ1n) is 8.25. The number of hydrogen-bond acceptors (Lipinski definition) is 5. The number of carbonyl (C=O) groups excluding carboxylic acids is 1. The molecule has 0 bridgehead atoms. The molecule has 0 heterocycles. The molecule has 0 fully saturated rings. The second-order valence-corrected chi connectivity index (χ2v) is 7.23. The quantitative estimate of drug-likeness (QED) is 0.656. The Morgan fingerprint density at radius 2 is 1.65 bits per heavy atom. The van der Waals surface area contributed by atoms with E-state index in [1.807, 2.05) is 56.4 Å². The van der Waals surface area contributed by atoms with E-state index < -0.39 is 0 Å². The third kappa shape index (κ3) is 5.08. The first-order valence-corrected chi connectivity index (χ1v) is 9.13. The molecule has 5 nitrogen and oxygen atoms in total. The van der Waals surface area contributed by atoms with Crippen LogP contribution in [0, 0.1) is 0 Å². The van der Waals surface area contributed by atoms with Crippen molar-refractivity contribution in [1.29, 1.82) is 0 Å². The highest BCUT2D eigenvalue weighted by molar-refractivity contribution is 8.00. The zero-order chi connectivity index (χ0) is 19.1. The smallest absolute Gasteiger partial charge is 0.235 e. The van der Waals surface area contributed by atoms with Crippen LogP contribution in [0.1, 0.15) is 12.5 Å². The van der Waals surface area contributed by atoms with Gasteiger partial charge >= 0.3 is 0 Å². The minimum absolute atomic E-state index is 0.0700. The fourth-order valence-corrected chi connectivity index (χ4v) is 3.53. The second kappa shape index (κ2) is 9.38. The Labute approximate surface area is 159 Å². The van der Waals surface area contributed by atoms with Gasteiger partial charge in [0.2, 0.25) is 5.91 Å². The molecule has 6 heteroatoms. The topological polar surface area (TPSA) is 48.0 Å². The summed E-state index contributed by atoms with van der Waals surface area (Å²) in [5.41, 5.74) is 0.986. The maximum Gasteiger partial charge on any atom is 0.235 e. The third-order valence-electron chi connectivity index (χ3n) is 3.96. The minimum atomic E-state index is -0.187. The van der Waals surface area contributed by atoms with Gasteiger partial charge in [-0.1, -0.05) is 6.07 Å². The summed E-state index contributed by atoms with van der Waals surface area (Å²) in [4.78, 5) is 15.4. The summed E-state index contributed by atoms with van der Waals surface area (Å²) in [6.45, 7) is 2.43. The number of carbonyl (C=O) groups is 1. The fourth-order valence-electron chi connectivity index (χ4n) is 2.55. The molecule has 140 valence electrons. The normalized spacial score (nSPS) is 11.6. The summed E-state index contributed by atoms with van der Waals surface area (Å²) >= 11 is 1.53. The van der Waals surface area contributed by atoms with Gasteiger partial charge in [0.05, 0.1) is 26.6 Å². The van der Waals surface area contributed by atoms with Gasteiger partial charge in [-0.25, -0.2) is 0 Å². The average molecular weight is 375 g/mol. The Hall–Kier alpha value is -2.34. The van der Waals surface area contributed by atoms with E-state index in [0.717, 1.165) is 16.2 Å². The minimum Gasteiger partial charge on any atom is -0.497 e. The van der Waals surface area contributed by atoms with Crippen LogP contribution in [-0.2, 0) is 11.3 Å². The van der Waals surface area contributed by atoms with Gasteiger partial charge in [0, 0.05) is 18.5 Å². The van der Waals surface area contributed by atoms with Crippen molar-refractivity contribution in [2.75, 3.05) is 28.4 Å². The summed E-state index contributed by atoms with van der Waals surface area (Å²) in [7, 11) is 6.65. The van der Waals surface area contributed by atoms with Crippen LogP contribution in [0.25, 0.3) is 0 Å². The van der Waals surface area contributed by atoms with E-state index in [2.05, 4.69) is 0 Å². The summed E-state index contributed by atoms with van der Waals surface area (Å²) < 4.78 is 15.7. The Bertz CT molecular complexity index is 733. The zero-order valence-corrected chi connectivity index (χ0v) is 16.6. The molecule has 0 aliphatic heterocycles. The van der Waals surface area contributed by atoms with E-state index in [9.17, 15) is 4.79 Å². The Kier molecular flexibility index (Phi) is 7.21. The predicted molar refractivity (Wildman–Crippen MR) is 104 cm³/mol. The molecular weight excluding hydrogens is 350 g/mol. The Morgan fingerprint density at radius 1 is 1.00 bits per heavy atom. The monoisotopic (exact) mass is 375 g/mol. The van der Waals surface area contributed by atoms with Crippen molar-refractivity contribution < 1.29 is 19.0 Å². The molecular formula is C20H25NO4S. The average Bonchev–Trinajstić information content (AvgIpc) is 2.67. The van der Waals surface area contributed by atoms with Crippen LogP contribution in [0.4, 0.5) is 0 Å². The summed E-state index contributed by atoms with van der Waals surface area (Å²) in [5, 5.41) is -0.187. The highest BCUT2D eigenvalue weighted by Gasteiger charge is 2.19. The molecule has 2 rings (SSSR count). The van der Waals surface area contributed by atoms with Crippen molar-refractivity contribution in [3.63, 3.8) is 0 Å². The molecule has 1 atom stereocenters. The Morgan fingerprint density at radius 3 is 2.23 bits per heavy atom. The van der Waals surface area contributed by atoms with Crippen molar-refractivity contribution in [2.45, 2.75) is 23.6 Å². The number of hydrogen-bond donors (Lipinski definition) is 0. The maximum atomic E-state index is 12.7. The first-order chi connectivity index (χ1) is 12.5. The fraction of sp³-hybridized carbons (Fsp3) is 0.350. The molecule has 1 amide bonds. The lowest BCUT2D eigenvalue weighted by Gasteiger charge is -2.22. The van der Waals surface area contributed by atoms with Gasteiger partial charge < -0.3 is 19.1 Å². The molecule has 0 aromatic heterocycles. The number of benzene rings is 2. The van der Waals surface area contributed by atoms with Crippen LogP contribution in [0.3, 0.4) is 0 Å². The molecule has 0 aliphatic carbocycles. The molecule has 2 aromatic carbocycles. The van der Waals surface area contributed by atoms with E-state index in [1.54, 1.807) is 26.2 Å². The van der Waals surface area contributed by atoms with Crippen molar-refractivity contribution in [3.05, 3.63) is 48.0 Å². The number of ether oxygens (including phenoxy) is 3. The lowest BCUT2D eigenvalue weighted by atomic mass is 10.2. The first kappa shape index (κ1) is 20.0. The van der Waals surface area contributed by atoms with Crippen LogP contribution >= 0.6 is 11.8 Å². The lowest BCUT2D eigenvalue weighted by Crippen LogP contribution is -2.32. The maximum absolute atomic E-state index is 12.7. The largest absolute Gasteiger partial charge is 0.497 e. The lowest BCUT2D eigenvalue weighted by molar-refractivity contribution is -0.129. The molecule has 0 N–H and O–H groups in total. The van der Waals surface area contributed by atoms with Gasteiger partial charge in [-0.3, -0.25) is 4.79 Å². The molecule has 0 unspecified atom stereocenters. The molecule has 0 saturated carbocycles. The van der Waals surface area contributed by atoms with Crippen LogP contribution in [0.5, 0.6) is 17.2 Å². The van der Waals surface area contributed by atoms with Crippen LogP contribution < -0.4 is 14.2 Å². The van der Waals surface area contributed by atoms with Gasteiger partial charge in [0.1, 0.15) is 5.75 Å². The van der Waals surface area contributed by atoms with Gasteiger partial charge in [-0.05, 0) is 48.9 Å². The van der Waals surface area contributed by atoms with Crippen molar-refractivity contribution in [1.82, 2.24) is 4.90 Å². The number of nitrogens with zero attached hydrogens (tertiary/aromatic N) is 1. The molecule has 0 spiro atoms. The summed E-state index contributed by atoms with van der Waals surface area (Å²) in [5.74, 6) is 2.21. The molecule has 2 aromatic rings. The highest BCUT2D eigenvalue weighted by atomic mass is 32.2.